The summed E-state index contributed by atoms with van der Waals surface area (Å²) in [5, 5.41) is 8.05. The standard InChI is InChI=1S/C10H18N4/c1-7(2)14-6-10(12-13-14)5-8(3)9(4)11/h5-7,9H,11H2,1-4H3/b8-5-. The quantitative estimate of drug-likeness (QED) is 0.795. The van der Waals surface area contributed by atoms with Gasteiger partial charge in [-0.3, -0.25) is 0 Å². The van der Waals surface area contributed by atoms with Crippen molar-refractivity contribution in [2.24, 2.45) is 5.73 Å². The third-order valence-corrected chi connectivity index (χ3v) is 2.15. The van der Waals surface area contributed by atoms with Gasteiger partial charge in [0, 0.05) is 12.1 Å². The number of aromatic nitrogens is 3. The van der Waals surface area contributed by atoms with E-state index in [0.29, 0.717) is 6.04 Å². The lowest BCUT2D eigenvalue weighted by atomic mass is 10.1. The number of hydrogen-bond acceptors (Lipinski definition) is 3. The van der Waals surface area contributed by atoms with Crippen LogP contribution in [0.2, 0.25) is 0 Å². The van der Waals surface area contributed by atoms with Crippen molar-refractivity contribution in [1.29, 1.82) is 0 Å². The molecule has 1 aromatic heterocycles. The summed E-state index contributed by atoms with van der Waals surface area (Å²) in [5.74, 6) is 0. The number of nitrogens with zero attached hydrogens (tertiary/aromatic N) is 3. The molecule has 0 aliphatic rings. The molecule has 1 rings (SSSR count). The largest absolute Gasteiger partial charge is 0.324 e. The van der Waals surface area contributed by atoms with Crippen LogP contribution in [0.4, 0.5) is 0 Å². The molecule has 4 heteroatoms. The molecular weight excluding hydrogens is 176 g/mol. The highest BCUT2D eigenvalue weighted by Gasteiger charge is 2.02. The van der Waals surface area contributed by atoms with Gasteiger partial charge >= 0.3 is 0 Å². The van der Waals surface area contributed by atoms with Crippen LogP contribution in [-0.2, 0) is 0 Å². The zero-order chi connectivity index (χ0) is 10.7. The van der Waals surface area contributed by atoms with E-state index < -0.39 is 0 Å². The van der Waals surface area contributed by atoms with Crippen LogP contribution in [0.25, 0.3) is 6.08 Å². The fourth-order valence-corrected chi connectivity index (χ4v) is 0.974. The molecule has 0 saturated carbocycles. The number of rotatable bonds is 3. The maximum atomic E-state index is 5.73. The fraction of sp³-hybridized carbons (Fsp3) is 0.600. The molecule has 4 nitrogen and oxygen atoms in total. The first kappa shape index (κ1) is 10.9. The summed E-state index contributed by atoms with van der Waals surface area (Å²) in [6.45, 7) is 8.10. The maximum Gasteiger partial charge on any atom is 0.105 e. The van der Waals surface area contributed by atoms with Gasteiger partial charge in [0.25, 0.3) is 0 Å². The molecule has 1 aromatic rings. The Morgan fingerprint density at radius 3 is 2.57 bits per heavy atom. The zero-order valence-corrected chi connectivity index (χ0v) is 9.23. The van der Waals surface area contributed by atoms with E-state index in [1.54, 1.807) is 0 Å². The number of nitrogens with two attached hydrogens (primary N) is 1. The molecule has 0 fully saturated rings. The highest BCUT2D eigenvalue weighted by Crippen LogP contribution is 2.08. The van der Waals surface area contributed by atoms with Crippen LogP contribution in [0, 0.1) is 0 Å². The molecule has 1 unspecified atom stereocenters. The Kier molecular flexibility index (Phi) is 3.41. The van der Waals surface area contributed by atoms with E-state index in [4.69, 9.17) is 5.73 Å². The van der Waals surface area contributed by atoms with Gasteiger partial charge in [-0.25, -0.2) is 4.68 Å². The van der Waals surface area contributed by atoms with Gasteiger partial charge in [0.2, 0.25) is 0 Å². The third kappa shape index (κ3) is 2.67. The summed E-state index contributed by atoms with van der Waals surface area (Å²) in [4.78, 5) is 0. The van der Waals surface area contributed by atoms with Crippen LogP contribution >= 0.6 is 0 Å². The molecule has 0 amide bonds. The predicted octanol–water partition coefficient (Wildman–Crippen LogP) is 1.61. The van der Waals surface area contributed by atoms with Gasteiger partial charge in [-0.15, -0.1) is 5.10 Å². The average Bonchev–Trinajstić information content (AvgIpc) is 2.52. The number of hydrogen-bond donors (Lipinski definition) is 1. The van der Waals surface area contributed by atoms with Crippen LogP contribution < -0.4 is 5.73 Å². The Hall–Kier alpha value is -1.16. The maximum absolute atomic E-state index is 5.73. The van der Waals surface area contributed by atoms with Gasteiger partial charge in [0.05, 0.1) is 6.20 Å². The molecule has 1 heterocycles. The first-order chi connectivity index (χ1) is 6.50. The summed E-state index contributed by atoms with van der Waals surface area (Å²) in [7, 11) is 0. The van der Waals surface area contributed by atoms with E-state index in [2.05, 4.69) is 24.2 Å². The Labute approximate surface area is 84.8 Å². The van der Waals surface area contributed by atoms with Crippen molar-refractivity contribution in [3.05, 3.63) is 17.5 Å². The van der Waals surface area contributed by atoms with Gasteiger partial charge < -0.3 is 5.73 Å². The minimum Gasteiger partial charge on any atom is -0.324 e. The van der Waals surface area contributed by atoms with Crippen molar-refractivity contribution < 1.29 is 0 Å². The van der Waals surface area contributed by atoms with Crippen LogP contribution in [0.5, 0.6) is 0 Å². The smallest absolute Gasteiger partial charge is 0.105 e. The normalized spacial score (nSPS) is 14.9. The van der Waals surface area contributed by atoms with Crippen molar-refractivity contribution >= 4 is 6.08 Å². The van der Waals surface area contributed by atoms with Gasteiger partial charge in [-0.05, 0) is 33.8 Å². The van der Waals surface area contributed by atoms with E-state index in [0.717, 1.165) is 11.3 Å². The molecule has 0 saturated heterocycles. The van der Waals surface area contributed by atoms with Crippen molar-refractivity contribution in [2.75, 3.05) is 0 Å². The second-order valence-corrected chi connectivity index (χ2v) is 3.89. The van der Waals surface area contributed by atoms with Gasteiger partial charge in [-0.1, -0.05) is 10.8 Å². The van der Waals surface area contributed by atoms with Crippen molar-refractivity contribution in [1.82, 2.24) is 15.0 Å². The molecule has 0 aliphatic carbocycles. The highest BCUT2D eigenvalue weighted by atomic mass is 15.4. The van der Waals surface area contributed by atoms with E-state index >= 15 is 0 Å². The lowest BCUT2D eigenvalue weighted by Gasteiger charge is -2.03. The van der Waals surface area contributed by atoms with Crippen LogP contribution in [0.1, 0.15) is 39.4 Å². The summed E-state index contributed by atoms with van der Waals surface area (Å²) in [6.07, 6.45) is 3.90. The van der Waals surface area contributed by atoms with E-state index in [9.17, 15) is 0 Å². The summed E-state index contributed by atoms with van der Waals surface area (Å²) in [6, 6.07) is 0.416. The molecule has 1 atom stereocenters. The Balaban J connectivity index is 2.83. The summed E-state index contributed by atoms with van der Waals surface area (Å²) < 4.78 is 1.83. The van der Waals surface area contributed by atoms with Gasteiger partial charge in [0.1, 0.15) is 5.69 Å². The molecule has 0 aromatic carbocycles. The van der Waals surface area contributed by atoms with Crippen LogP contribution in [0.3, 0.4) is 0 Å². The van der Waals surface area contributed by atoms with Crippen molar-refractivity contribution in [3.63, 3.8) is 0 Å². The molecule has 0 radical (unpaired) electrons. The lowest BCUT2D eigenvalue weighted by molar-refractivity contribution is 0.514. The highest BCUT2D eigenvalue weighted by molar-refractivity contribution is 5.48. The minimum atomic E-state index is 0.0687. The predicted molar refractivity (Wildman–Crippen MR) is 57.7 cm³/mol. The first-order valence-corrected chi connectivity index (χ1v) is 4.86. The van der Waals surface area contributed by atoms with Crippen molar-refractivity contribution in [3.8, 4) is 0 Å². The zero-order valence-electron chi connectivity index (χ0n) is 9.23. The second kappa shape index (κ2) is 4.37. The molecule has 2 N–H and O–H groups in total. The van der Waals surface area contributed by atoms with Crippen molar-refractivity contribution in [2.45, 2.75) is 39.8 Å². The van der Waals surface area contributed by atoms with Crippen LogP contribution in [0.15, 0.2) is 11.8 Å². The second-order valence-electron chi connectivity index (χ2n) is 3.89. The minimum absolute atomic E-state index is 0.0687. The topological polar surface area (TPSA) is 56.7 Å². The summed E-state index contributed by atoms with van der Waals surface area (Å²) in [5.41, 5.74) is 7.71. The van der Waals surface area contributed by atoms with E-state index in [1.807, 2.05) is 30.8 Å². The third-order valence-electron chi connectivity index (χ3n) is 2.15. The average molecular weight is 194 g/mol. The molecule has 14 heavy (non-hydrogen) atoms. The monoisotopic (exact) mass is 194 g/mol. The van der Waals surface area contributed by atoms with E-state index in [-0.39, 0.29) is 6.04 Å². The molecular formula is C10H18N4. The summed E-state index contributed by atoms with van der Waals surface area (Å²) >= 11 is 0. The Morgan fingerprint density at radius 1 is 1.50 bits per heavy atom. The SMILES string of the molecule is C/C(=C/c1cn(C(C)C)nn1)C(C)N. The molecule has 78 valence electrons. The fourth-order valence-electron chi connectivity index (χ4n) is 0.974. The van der Waals surface area contributed by atoms with Gasteiger partial charge in [0.15, 0.2) is 0 Å². The molecule has 0 bridgehead atoms. The Bertz CT molecular complexity index is 323. The molecule has 0 spiro atoms. The van der Waals surface area contributed by atoms with Gasteiger partial charge in [-0.2, -0.15) is 0 Å². The van der Waals surface area contributed by atoms with Crippen LogP contribution in [-0.4, -0.2) is 21.0 Å². The Morgan fingerprint density at radius 2 is 2.14 bits per heavy atom. The van der Waals surface area contributed by atoms with E-state index in [1.165, 1.54) is 0 Å². The lowest BCUT2D eigenvalue weighted by Crippen LogP contribution is -2.15. The molecule has 0 aliphatic heterocycles. The first-order valence-electron chi connectivity index (χ1n) is 4.86.